The summed E-state index contributed by atoms with van der Waals surface area (Å²) in [6.07, 6.45) is 10.3. The molecule has 0 aliphatic carbocycles. The highest BCUT2D eigenvalue weighted by atomic mass is 16.6. The van der Waals surface area contributed by atoms with Crippen LogP contribution in [0.1, 0.15) is 199 Å². The molecule has 20 nitrogen and oxygen atoms in total. The SMILES string of the molecule is CO[C@H]1C[C@H](CC[C@H](C)[C@H](O)[C@H](C)[C@H]2OC(=O)/C=C/C(C)=C/C[C@H](O)C[C@@H]3C=CC[C@@H](C[C@H](OC)[C@@H](C)[C@@H](O)C[C@@H](O)[C@H](C)[C@@H]([C@@H](C)[C@@H](O)[C@@H](C)CC[C@H]4C[C@H](OC)C[C@H](C)O4)OC(=O)/C(C)=C/C[C@H](O)C[C@@H]4C=CC[C@@H](C[C@H](OC)[C@@H](C)[C@@H](O)C[C@@H](O)[C@@H]2C)O4)O3)O[C@@H](C)C1. The number of hydrogen-bond acceptors (Lipinski definition) is 20. The Morgan fingerprint density at radius 1 is 0.479 bits per heavy atom. The summed E-state index contributed by atoms with van der Waals surface area (Å²) in [7, 11) is 6.57. The van der Waals surface area contributed by atoms with E-state index >= 15 is 0 Å². The normalized spacial score (nSPS) is 41.2. The number of carbonyl (C=O) groups is 2. The molecule has 5 heterocycles. The van der Waals surface area contributed by atoms with Gasteiger partial charge in [0.05, 0.1) is 122 Å². The second-order valence-corrected chi connectivity index (χ2v) is 29.9. The second-order valence-electron chi connectivity index (χ2n) is 29.9. The fourth-order valence-electron chi connectivity index (χ4n) is 15.2. The average molecular weight is 1360 g/mol. The standard InChI is InChI=1S/C76H130O20/c1-43-23-28-55(77)35-57-19-17-21-59(93-57)39-70(90-16)50(8)66(80)42-68(82)52(10)75(54(12)73(85)45(3)27-31-62-38-64(88-14)34-48(6)92-62)96-76(86)46(4)25-29-56(78)36-58-20-18-22-60(94-58)40-69(89-15)49(7)65(79)41-67(81)51(9)74(95-71(83)32-24-43)53(11)72(84)44(2)26-30-61-37-63(87-13)33-47(5)91-61/h17-20,23-25,32,44-45,47-70,72-75,77-82,84-85H,21-22,26-31,33-42H2,1-16H3/b32-24+,43-23+,46-25+/t44-,45-,47-,48-,49-,50-,51-,52-,53-,54-,55-,56-,57-,58-,59-,60-,61-,62-,63+,64+,65-,66-,67+,68+,69-,70-,72-,73-,74-,75-/m0/s1. The predicted molar refractivity (Wildman–Crippen MR) is 368 cm³/mol. The van der Waals surface area contributed by atoms with Gasteiger partial charge in [-0.1, -0.05) is 103 Å². The van der Waals surface area contributed by atoms with Crippen molar-refractivity contribution in [3.63, 3.8) is 0 Å². The van der Waals surface area contributed by atoms with Crippen molar-refractivity contribution >= 4 is 11.9 Å². The third-order valence-corrected chi connectivity index (χ3v) is 22.1. The van der Waals surface area contributed by atoms with Crippen molar-refractivity contribution in [3.05, 3.63) is 59.8 Å². The van der Waals surface area contributed by atoms with E-state index in [1.54, 1.807) is 61.4 Å². The van der Waals surface area contributed by atoms with Crippen molar-refractivity contribution < 1.29 is 97.8 Å². The van der Waals surface area contributed by atoms with Crippen LogP contribution >= 0.6 is 0 Å². The summed E-state index contributed by atoms with van der Waals surface area (Å²) < 4.78 is 61.4. The number of rotatable bonds is 16. The number of carbonyl (C=O) groups excluding carboxylic acids is 2. The lowest BCUT2D eigenvalue weighted by molar-refractivity contribution is -0.159. The first kappa shape index (κ1) is 83.7. The van der Waals surface area contributed by atoms with E-state index < -0.39 is 133 Å². The van der Waals surface area contributed by atoms with Gasteiger partial charge in [-0.15, -0.1) is 0 Å². The van der Waals surface area contributed by atoms with E-state index in [1.165, 1.54) is 6.08 Å². The molecule has 20 heteroatoms. The Hall–Kier alpha value is -3.00. The van der Waals surface area contributed by atoms with Crippen LogP contribution in [0.2, 0.25) is 0 Å². The fraction of sp³-hybridized carbons (Fsp3) is 0.842. The van der Waals surface area contributed by atoms with Gasteiger partial charge < -0.3 is 88.2 Å². The highest BCUT2D eigenvalue weighted by molar-refractivity contribution is 5.87. The number of esters is 2. The molecule has 0 aromatic carbocycles. The van der Waals surface area contributed by atoms with Gasteiger partial charge in [-0.3, -0.25) is 0 Å². The number of ether oxygens (including phenoxy) is 10. The molecular weight excluding hydrogens is 1230 g/mol. The van der Waals surface area contributed by atoms with Crippen molar-refractivity contribution in [1.29, 1.82) is 0 Å². The summed E-state index contributed by atoms with van der Waals surface area (Å²) in [5.41, 5.74) is 0.927. The minimum atomic E-state index is -1.18. The first-order chi connectivity index (χ1) is 45.4. The molecule has 2 fully saturated rings. The van der Waals surface area contributed by atoms with Gasteiger partial charge >= 0.3 is 11.9 Å². The Kier molecular flexibility index (Phi) is 36.4. The Morgan fingerprint density at radius 3 is 1.30 bits per heavy atom. The molecule has 0 spiro atoms. The lowest BCUT2D eigenvalue weighted by Gasteiger charge is -2.38. The molecule has 30 atom stereocenters. The molecule has 4 bridgehead atoms. The number of aliphatic hydroxyl groups excluding tert-OH is 8. The first-order valence-corrected chi connectivity index (χ1v) is 36.4. The zero-order chi connectivity index (χ0) is 71.1. The van der Waals surface area contributed by atoms with Crippen molar-refractivity contribution in [2.75, 3.05) is 28.4 Å². The molecular formula is C76H130O20. The van der Waals surface area contributed by atoms with Crippen LogP contribution < -0.4 is 0 Å². The molecule has 2 saturated heterocycles. The number of allylic oxidation sites excluding steroid dienone is 2. The molecule has 8 N–H and O–H groups in total. The van der Waals surface area contributed by atoms with Crippen LogP contribution in [0.3, 0.4) is 0 Å². The van der Waals surface area contributed by atoms with E-state index in [2.05, 4.69) is 0 Å². The quantitative estimate of drug-likeness (QED) is 0.0527. The number of methoxy groups -OCH3 is 4. The van der Waals surface area contributed by atoms with Gasteiger partial charge in [-0.25, -0.2) is 9.59 Å². The van der Waals surface area contributed by atoms with E-state index in [4.69, 9.17) is 47.4 Å². The topological polar surface area (TPSA) is 288 Å². The Morgan fingerprint density at radius 2 is 0.885 bits per heavy atom. The molecule has 0 radical (unpaired) electrons. The van der Waals surface area contributed by atoms with Gasteiger partial charge in [-0.05, 0) is 129 Å². The van der Waals surface area contributed by atoms with Gasteiger partial charge in [0, 0.05) is 101 Å². The van der Waals surface area contributed by atoms with E-state index in [0.29, 0.717) is 56.9 Å². The minimum absolute atomic E-state index is 0.0306. The van der Waals surface area contributed by atoms with Gasteiger partial charge in [-0.2, -0.15) is 0 Å². The summed E-state index contributed by atoms with van der Waals surface area (Å²) >= 11 is 0. The molecule has 0 unspecified atom stereocenters. The fourth-order valence-corrected chi connectivity index (χ4v) is 15.2. The second kappa shape index (κ2) is 41.8. The van der Waals surface area contributed by atoms with Crippen LogP contribution in [0.5, 0.6) is 0 Å². The van der Waals surface area contributed by atoms with E-state index in [0.717, 1.165) is 25.7 Å². The molecule has 5 rings (SSSR count). The average Bonchev–Trinajstić information content (AvgIpc) is 0.856. The Labute approximate surface area is 575 Å². The van der Waals surface area contributed by atoms with Crippen LogP contribution in [0.15, 0.2) is 59.8 Å². The molecule has 0 amide bonds. The third kappa shape index (κ3) is 26.7. The van der Waals surface area contributed by atoms with Crippen molar-refractivity contribution in [2.45, 2.75) is 333 Å². The number of hydrogen-bond donors (Lipinski definition) is 8. The highest BCUT2D eigenvalue weighted by Gasteiger charge is 2.43. The summed E-state index contributed by atoms with van der Waals surface area (Å²) in [6.45, 7) is 22.3. The maximum Gasteiger partial charge on any atom is 0.333 e. The molecule has 5 aliphatic heterocycles. The number of aliphatic hydroxyl groups is 8. The van der Waals surface area contributed by atoms with Crippen LogP contribution in [-0.2, 0) is 57.0 Å². The summed E-state index contributed by atoms with van der Waals surface area (Å²) in [4.78, 5) is 28.1. The lowest BCUT2D eigenvalue weighted by atomic mass is 9.78. The summed E-state index contributed by atoms with van der Waals surface area (Å²) in [5.74, 6) is -5.57. The van der Waals surface area contributed by atoms with E-state index in [9.17, 15) is 50.4 Å². The zero-order valence-corrected chi connectivity index (χ0v) is 61.1. The minimum Gasteiger partial charge on any atom is -0.458 e. The zero-order valence-electron chi connectivity index (χ0n) is 61.1. The third-order valence-electron chi connectivity index (χ3n) is 22.1. The van der Waals surface area contributed by atoms with E-state index in [1.807, 2.05) is 92.7 Å². The lowest BCUT2D eigenvalue weighted by Crippen LogP contribution is -2.46. The maximum atomic E-state index is 14.2. The van der Waals surface area contributed by atoms with Crippen molar-refractivity contribution in [2.24, 2.45) is 47.3 Å². The number of fused-ring (bicyclic) bond motifs is 4. The van der Waals surface area contributed by atoms with Crippen LogP contribution in [-0.4, -0.2) is 216 Å². The molecule has 96 heavy (non-hydrogen) atoms. The monoisotopic (exact) mass is 1360 g/mol. The number of cyclic esters (lactones) is 2. The predicted octanol–water partition coefficient (Wildman–Crippen LogP) is 9.55. The summed E-state index contributed by atoms with van der Waals surface area (Å²) in [5, 5.41) is 94.6. The van der Waals surface area contributed by atoms with Gasteiger partial charge in [0.15, 0.2) is 0 Å². The summed E-state index contributed by atoms with van der Waals surface area (Å²) in [6, 6.07) is 0. The molecule has 0 saturated carbocycles. The van der Waals surface area contributed by atoms with Crippen LogP contribution in [0, 0.1) is 47.3 Å². The Bertz CT molecular complexity index is 2400. The molecule has 5 aliphatic rings. The first-order valence-electron chi connectivity index (χ1n) is 36.4. The maximum absolute atomic E-state index is 14.2. The molecule has 0 aromatic rings. The van der Waals surface area contributed by atoms with Crippen LogP contribution in [0.4, 0.5) is 0 Å². The Balaban J connectivity index is 1.37. The van der Waals surface area contributed by atoms with Crippen molar-refractivity contribution in [3.8, 4) is 0 Å². The smallest absolute Gasteiger partial charge is 0.333 e. The van der Waals surface area contributed by atoms with Crippen molar-refractivity contribution in [1.82, 2.24) is 0 Å². The molecule has 554 valence electrons. The van der Waals surface area contributed by atoms with Gasteiger partial charge in [0.25, 0.3) is 0 Å². The van der Waals surface area contributed by atoms with Crippen LogP contribution in [0.25, 0.3) is 0 Å². The van der Waals surface area contributed by atoms with E-state index in [-0.39, 0.29) is 105 Å². The largest absolute Gasteiger partial charge is 0.458 e. The molecule has 0 aromatic heterocycles. The van der Waals surface area contributed by atoms with Gasteiger partial charge in [0.2, 0.25) is 0 Å². The highest BCUT2D eigenvalue weighted by Crippen LogP contribution is 2.37. The van der Waals surface area contributed by atoms with Gasteiger partial charge in [0.1, 0.15) is 12.2 Å².